The Balaban J connectivity index is 2.02. The average Bonchev–Trinajstić information content (AvgIpc) is 2.95. The van der Waals surface area contributed by atoms with Gasteiger partial charge < -0.3 is 19.9 Å². The Morgan fingerprint density at radius 3 is 2.90 bits per heavy atom. The second-order valence-corrected chi connectivity index (χ2v) is 5.24. The second-order valence-electron chi connectivity index (χ2n) is 5.24. The van der Waals surface area contributed by atoms with Crippen LogP contribution in [0.2, 0.25) is 0 Å². The standard InChI is InChI=1S/C15H23N3O3/c1-3-7-16-13-10-21-9-12(13)15(20)17-11-5-6-14(19)18(4-2)8-11/h5-6,8,12-13,16H,3-4,7,9-10H2,1-2H3,(H,17,20). The summed E-state index contributed by atoms with van der Waals surface area (Å²) in [6.07, 6.45) is 2.69. The SMILES string of the molecule is CCCNC1COCC1C(=O)Nc1ccc(=O)n(CC)c1. The van der Waals surface area contributed by atoms with E-state index in [1.54, 1.807) is 16.8 Å². The van der Waals surface area contributed by atoms with Gasteiger partial charge >= 0.3 is 0 Å². The molecule has 1 saturated heterocycles. The molecule has 0 spiro atoms. The summed E-state index contributed by atoms with van der Waals surface area (Å²) in [6.45, 7) is 6.43. The fourth-order valence-electron chi connectivity index (χ4n) is 2.43. The summed E-state index contributed by atoms with van der Waals surface area (Å²) in [6, 6.07) is 3.16. The number of nitrogens with one attached hydrogen (secondary N) is 2. The first kappa shape index (κ1) is 15.7. The van der Waals surface area contributed by atoms with Crippen molar-refractivity contribution in [2.45, 2.75) is 32.9 Å². The van der Waals surface area contributed by atoms with Gasteiger partial charge in [-0.3, -0.25) is 9.59 Å². The van der Waals surface area contributed by atoms with Crippen LogP contribution in [-0.4, -0.2) is 36.3 Å². The zero-order valence-electron chi connectivity index (χ0n) is 12.6. The molecule has 6 heteroatoms. The van der Waals surface area contributed by atoms with Crippen molar-refractivity contribution in [3.63, 3.8) is 0 Å². The molecule has 1 aliphatic heterocycles. The van der Waals surface area contributed by atoms with E-state index in [1.807, 2.05) is 6.92 Å². The molecule has 1 fully saturated rings. The number of nitrogens with zero attached hydrogens (tertiary/aromatic N) is 1. The second kappa shape index (κ2) is 7.38. The summed E-state index contributed by atoms with van der Waals surface area (Å²) in [5.74, 6) is -0.263. The van der Waals surface area contributed by atoms with Crippen LogP contribution in [0.15, 0.2) is 23.1 Å². The van der Waals surface area contributed by atoms with E-state index >= 15 is 0 Å². The van der Waals surface area contributed by atoms with Crippen LogP contribution < -0.4 is 16.2 Å². The van der Waals surface area contributed by atoms with Crippen molar-refractivity contribution in [3.05, 3.63) is 28.7 Å². The number of anilines is 1. The molecular formula is C15H23N3O3. The fraction of sp³-hybridized carbons (Fsp3) is 0.600. The lowest BCUT2D eigenvalue weighted by atomic mass is 10.0. The van der Waals surface area contributed by atoms with E-state index in [4.69, 9.17) is 4.74 Å². The summed E-state index contributed by atoms with van der Waals surface area (Å²) < 4.78 is 6.97. The van der Waals surface area contributed by atoms with Crippen molar-refractivity contribution >= 4 is 11.6 Å². The molecule has 1 aliphatic rings. The quantitative estimate of drug-likeness (QED) is 0.814. The Kier molecular flexibility index (Phi) is 5.52. The number of carbonyl (C=O) groups is 1. The van der Waals surface area contributed by atoms with Gasteiger partial charge in [-0.05, 0) is 26.0 Å². The first-order chi connectivity index (χ1) is 10.2. The maximum atomic E-state index is 12.4. The van der Waals surface area contributed by atoms with Crippen molar-refractivity contribution < 1.29 is 9.53 Å². The van der Waals surface area contributed by atoms with Gasteiger partial charge in [0.05, 0.1) is 24.8 Å². The molecule has 2 N–H and O–H groups in total. The van der Waals surface area contributed by atoms with Crippen LogP contribution in [0.25, 0.3) is 0 Å². The lowest BCUT2D eigenvalue weighted by Crippen LogP contribution is -2.41. The smallest absolute Gasteiger partial charge is 0.250 e. The van der Waals surface area contributed by atoms with Gasteiger partial charge in [-0.15, -0.1) is 0 Å². The number of pyridine rings is 1. The number of ether oxygens (including phenoxy) is 1. The number of aryl methyl sites for hydroxylation is 1. The molecule has 116 valence electrons. The summed E-state index contributed by atoms with van der Waals surface area (Å²) in [4.78, 5) is 23.9. The van der Waals surface area contributed by atoms with Crippen LogP contribution in [-0.2, 0) is 16.1 Å². The van der Waals surface area contributed by atoms with E-state index in [9.17, 15) is 9.59 Å². The van der Waals surface area contributed by atoms with E-state index in [2.05, 4.69) is 17.6 Å². The molecule has 1 aromatic rings. The maximum Gasteiger partial charge on any atom is 0.250 e. The summed E-state index contributed by atoms with van der Waals surface area (Å²) in [5.41, 5.74) is 0.574. The lowest BCUT2D eigenvalue weighted by molar-refractivity contribution is -0.120. The largest absolute Gasteiger partial charge is 0.379 e. The van der Waals surface area contributed by atoms with Crippen LogP contribution in [0.1, 0.15) is 20.3 Å². The molecule has 2 heterocycles. The Hall–Kier alpha value is -1.66. The monoisotopic (exact) mass is 293 g/mol. The molecule has 6 nitrogen and oxygen atoms in total. The molecule has 0 bridgehead atoms. The zero-order valence-corrected chi connectivity index (χ0v) is 12.6. The molecule has 1 amide bonds. The van der Waals surface area contributed by atoms with Crippen molar-refractivity contribution in [3.8, 4) is 0 Å². The minimum Gasteiger partial charge on any atom is -0.379 e. The molecule has 0 saturated carbocycles. The summed E-state index contributed by atoms with van der Waals surface area (Å²) >= 11 is 0. The topological polar surface area (TPSA) is 72.4 Å². The molecule has 0 aliphatic carbocycles. The van der Waals surface area contributed by atoms with E-state index in [1.165, 1.54) is 6.07 Å². The highest BCUT2D eigenvalue weighted by molar-refractivity contribution is 5.93. The molecule has 0 aromatic carbocycles. The van der Waals surface area contributed by atoms with Crippen LogP contribution in [0.4, 0.5) is 5.69 Å². The van der Waals surface area contributed by atoms with Gasteiger partial charge in [0, 0.05) is 24.8 Å². The van der Waals surface area contributed by atoms with Crippen LogP contribution >= 0.6 is 0 Å². The Bertz CT molecular complexity index is 541. The minimum atomic E-state index is -0.196. The number of rotatable bonds is 6. The summed E-state index contributed by atoms with van der Waals surface area (Å²) in [5, 5.41) is 6.21. The molecule has 2 atom stereocenters. The molecule has 2 unspecified atom stereocenters. The van der Waals surface area contributed by atoms with Gasteiger partial charge in [0.15, 0.2) is 0 Å². The van der Waals surface area contributed by atoms with E-state index < -0.39 is 0 Å². The van der Waals surface area contributed by atoms with Crippen LogP contribution in [0, 0.1) is 5.92 Å². The fourth-order valence-corrected chi connectivity index (χ4v) is 2.43. The van der Waals surface area contributed by atoms with Gasteiger partial charge in [0.1, 0.15) is 0 Å². The third-order valence-electron chi connectivity index (χ3n) is 3.67. The highest BCUT2D eigenvalue weighted by Gasteiger charge is 2.33. The Morgan fingerprint density at radius 1 is 1.38 bits per heavy atom. The van der Waals surface area contributed by atoms with Crippen molar-refractivity contribution in [1.29, 1.82) is 0 Å². The van der Waals surface area contributed by atoms with Crippen LogP contribution in [0.3, 0.4) is 0 Å². The van der Waals surface area contributed by atoms with E-state index in [-0.39, 0.29) is 23.4 Å². The number of aromatic nitrogens is 1. The normalized spacial score (nSPS) is 21.4. The van der Waals surface area contributed by atoms with Gasteiger partial charge in [0.25, 0.3) is 5.56 Å². The van der Waals surface area contributed by atoms with Crippen molar-refractivity contribution in [2.24, 2.45) is 5.92 Å². The van der Waals surface area contributed by atoms with Crippen LogP contribution in [0.5, 0.6) is 0 Å². The molecule has 1 aromatic heterocycles. The number of carbonyl (C=O) groups excluding carboxylic acids is 1. The highest BCUT2D eigenvalue weighted by atomic mass is 16.5. The average molecular weight is 293 g/mol. The maximum absolute atomic E-state index is 12.4. The van der Waals surface area contributed by atoms with Gasteiger partial charge in [-0.25, -0.2) is 0 Å². The first-order valence-corrected chi connectivity index (χ1v) is 7.48. The van der Waals surface area contributed by atoms with Gasteiger partial charge in [0.2, 0.25) is 5.91 Å². The summed E-state index contributed by atoms with van der Waals surface area (Å²) in [7, 11) is 0. The molecular weight excluding hydrogens is 270 g/mol. The Labute approximate surface area is 124 Å². The third kappa shape index (κ3) is 3.92. The van der Waals surface area contributed by atoms with Crippen molar-refractivity contribution in [1.82, 2.24) is 9.88 Å². The predicted molar refractivity (Wildman–Crippen MR) is 81.4 cm³/mol. The molecule has 0 radical (unpaired) electrons. The first-order valence-electron chi connectivity index (χ1n) is 7.48. The number of amides is 1. The molecule has 21 heavy (non-hydrogen) atoms. The third-order valence-corrected chi connectivity index (χ3v) is 3.67. The zero-order chi connectivity index (χ0) is 15.2. The minimum absolute atomic E-state index is 0.0574. The van der Waals surface area contributed by atoms with Gasteiger partial charge in [-0.2, -0.15) is 0 Å². The predicted octanol–water partition coefficient (Wildman–Crippen LogP) is 0.821. The van der Waals surface area contributed by atoms with Gasteiger partial charge in [-0.1, -0.05) is 6.92 Å². The van der Waals surface area contributed by atoms with E-state index in [0.29, 0.717) is 25.4 Å². The molecule has 2 rings (SSSR count). The number of hydrogen-bond acceptors (Lipinski definition) is 4. The number of hydrogen-bond donors (Lipinski definition) is 2. The Morgan fingerprint density at radius 2 is 2.19 bits per heavy atom. The lowest BCUT2D eigenvalue weighted by Gasteiger charge is -2.18. The van der Waals surface area contributed by atoms with Crippen molar-refractivity contribution in [2.75, 3.05) is 25.1 Å². The van der Waals surface area contributed by atoms with E-state index in [0.717, 1.165) is 13.0 Å². The highest BCUT2D eigenvalue weighted by Crippen LogP contribution is 2.16.